The SMILES string of the molecule is CCN(CC)C(=O)CCn1c(C)n[nH]c1=S. The number of carbonyl (C=O) groups excluding carboxylic acids is 1. The van der Waals surface area contributed by atoms with Gasteiger partial charge >= 0.3 is 0 Å². The van der Waals surface area contributed by atoms with Crippen LogP contribution in [0.15, 0.2) is 0 Å². The number of nitrogens with one attached hydrogen (secondary N) is 1. The summed E-state index contributed by atoms with van der Waals surface area (Å²) >= 11 is 5.07. The van der Waals surface area contributed by atoms with Crippen LogP contribution in [0, 0.1) is 11.7 Å². The van der Waals surface area contributed by atoms with Crippen molar-refractivity contribution in [2.45, 2.75) is 33.7 Å². The van der Waals surface area contributed by atoms with Crippen LogP contribution in [0.25, 0.3) is 0 Å². The molecule has 0 atom stereocenters. The molecule has 0 unspecified atom stereocenters. The lowest BCUT2D eigenvalue weighted by Crippen LogP contribution is -2.31. The van der Waals surface area contributed by atoms with E-state index in [2.05, 4.69) is 10.2 Å². The van der Waals surface area contributed by atoms with E-state index in [9.17, 15) is 4.79 Å². The van der Waals surface area contributed by atoms with Crippen LogP contribution < -0.4 is 0 Å². The summed E-state index contributed by atoms with van der Waals surface area (Å²) in [7, 11) is 0. The molecule has 0 saturated carbocycles. The third kappa shape index (κ3) is 2.91. The van der Waals surface area contributed by atoms with Gasteiger partial charge in [0.15, 0.2) is 4.77 Å². The van der Waals surface area contributed by atoms with Crippen molar-refractivity contribution < 1.29 is 4.79 Å². The average molecular weight is 242 g/mol. The molecule has 0 aliphatic heterocycles. The summed E-state index contributed by atoms with van der Waals surface area (Å²) in [6.07, 6.45) is 0.469. The highest BCUT2D eigenvalue weighted by Gasteiger charge is 2.10. The van der Waals surface area contributed by atoms with Crippen LogP contribution in [0.2, 0.25) is 0 Å². The molecule has 0 fully saturated rings. The maximum atomic E-state index is 11.8. The van der Waals surface area contributed by atoms with Crippen LogP contribution >= 0.6 is 12.2 Å². The molecule has 5 nitrogen and oxygen atoms in total. The van der Waals surface area contributed by atoms with Crippen molar-refractivity contribution in [2.24, 2.45) is 0 Å². The van der Waals surface area contributed by atoms with E-state index >= 15 is 0 Å². The molecule has 16 heavy (non-hydrogen) atoms. The highest BCUT2D eigenvalue weighted by atomic mass is 32.1. The summed E-state index contributed by atoms with van der Waals surface area (Å²) in [5, 5.41) is 6.71. The van der Waals surface area contributed by atoms with E-state index < -0.39 is 0 Å². The van der Waals surface area contributed by atoms with E-state index in [1.807, 2.05) is 30.2 Å². The number of hydrogen-bond donors (Lipinski definition) is 1. The van der Waals surface area contributed by atoms with Crippen molar-refractivity contribution in [3.8, 4) is 0 Å². The lowest BCUT2D eigenvalue weighted by molar-refractivity contribution is -0.131. The summed E-state index contributed by atoms with van der Waals surface area (Å²) in [6.45, 7) is 7.94. The van der Waals surface area contributed by atoms with Crippen molar-refractivity contribution in [3.05, 3.63) is 10.6 Å². The Morgan fingerprint density at radius 2 is 2.12 bits per heavy atom. The molecule has 1 heterocycles. The highest BCUT2D eigenvalue weighted by molar-refractivity contribution is 7.71. The van der Waals surface area contributed by atoms with Crippen LogP contribution in [0.3, 0.4) is 0 Å². The van der Waals surface area contributed by atoms with Crippen molar-refractivity contribution in [2.75, 3.05) is 13.1 Å². The van der Waals surface area contributed by atoms with Gasteiger partial charge in [-0.15, -0.1) is 0 Å². The lowest BCUT2D eigenvalue weighted by Gasteiger charge is -2.18. The van der Waals surface area contributed by atoms with E-state index in [0.29, 0.717) is 17.7 Å². The molecule has 0 aromatic carbocycles. The molecule has 90 valence electrons. The normalized spacial score (nSPS) is 10.4. The highest BCUT2D eigenvalue weighted by Crippen LogP contribution is 2.01. The Hall–Kier alpha value is -1.17. The molecule has 1 aromatic heterocycles. The predicted octanol–water partition coefficient (Wildman–Crippen LogP) is 1.51. The van der Waals surface area contributed by atoms with Crippen molar-refractivity contribution in [3.63, 3.8) is 0 Å². The molecular formula is C10H18N4OS. The molecule has 0 radical (unpaired) electrons. The van der Waals surface area contributed by atoms with Crippen LogP contribution in [-0.4, -0.2) is 38.7 Å². The van der Waals surface area contributed by atoms with Crippen LogP contribution in [-0.2, 0) is 11.3 Å². The Bertz CT molecular complexity index is 405. The van der Waals surface area contributed by atoms with E-state index in [4.69, 9.17) is 12.2 Å². The van der Waals surface area contributed by atoms with Crippen LogP contribution in [0.1, 0.15) is 26.1 Å². The Morgan fingerprint density at radius 3 is 2.56 bits per heavy atom. The second kappa shape index (κ2) is 5.79. The van der Waals surface area contributed by atoms with E-state index in [1.165, 1.54) is 0 Å². The fourth-order valence-electron chi connectivity index (χ4n) is 1.60. The molecule has 0 bridgehead atoms. The van der Waals surface area contributed by atoms with Crippen molar-refractivity contribution in [1.29, 1.82) is 0 Å². The Morgan fingerprint density at radius 1 is 1.50 bits per heavy atom. The van der Waals surface area contributed by atoms with Gasteiger partial charge in [0.1, 0.15) is 5.82 Å². The number of aryl methyl sites for hydroxylation is 1. The monoisotopic (exact) mass is 242 g/mol. The van der Waals surface area contributed by atoms with Crippen molar-refractivity contribution in [1.82, 2.24) is 19.7 Å². The van der Waals surface area contributed by atoms with Gasteiger partial charge in [0.25, 0.3) is 0 Å². The van der Waals surface area contributed by atoms with Gasteiger partial charge < -0.3 is 9.47 Å². The largest absolute Gasteiger partial charge is 0.343 e. The second-order valence-electron chi connectivity index (χ2n) is 3.54. The first-order valence-corrected chi connectivity index (χ1v) is 5.90. The number of carbonyl (C=O) groups is 1. The second-order valence-corrected chi connectivity index (χ2v) is 3.93. The Labute approximate surface area is 100 Å². The third-order valence-corrected chi connectivity index (χ3v) is 2.93. The number of rotatable bonds is 5. The van der Waals surface area contributed by atoms with E-state index in [1.54, 1.807) is 0 Å². The maximum Gasteiger partial charge on any atom is 0.224 e. The van der Waals surface area contributed by atoms with Crippen molar-refractivity contribution >= 4 is 18.1 Å². The zero-order valence-corrected chi connectivity index (χ0v) is 10.8. The number of H-pyrrole nitrogens is 1. The summed E-state index contributed by atoms with van der Waals surface area (Å²) in [4.78, 5) is 13.6. The van der Waals surface area contributed by atoms with Gasteiger partial charge in [0, 0.05) is 26.1 Å². The van der Waals surface area contributed by atoms with Gasteiger partial charge in [0.2, 0.25) is 5.91 Å². The third-order valence-electron chi connectivity index (χ3n) is 2.61. The topological polar surface area (TPSA) is 53.9 Å². The molecule has 6 heteroatoms. The number of aromatic amines is 1. The van der Waals surface area contributed by atoms with E-state index in [0.717, 1.165) is 18.9 Å². The van der Waals surface area contributed by atoms with Gasteiger partial charge in [-0.1, -0.05) is 0 Å². The molecule has 1 rings (SSSR count). The summed E-state index contributed by atoms with van der Waals surface area (Å²) < 4.78 is 2.42. The minimum atomic E-state index is 0.160. The molecule has 1 N–H and O–H groups in total. The van der Waals surface area contributed by atoms with Crippen LogP contribution in [0.5, 0.6) is 0 Å². The lowest BCUT2D eigenvalue weighted by atomic mass is 10.3. The molecule has 0 aliphatic carbocycles. The zero-order chi connectivity index (χ0) is 12.1. The fourth-order valence-corrected chi connectivity index (χ4v) is 1.87. The quantitative estimate of drug-likeness (QED) is 0.796. The standard InChI is InChI=1S/C10H18N4OS/c1-4-13(5-2)9(15)6-7-14-8(3)11-12-10(14)16/h4-7H2,1-3H3,(H,12,16). The van der Waals surface area contributed by atoms with Gasteiger partial charge in [0.05, 0.1) is 0 Å². The zero-order valence-electron chi connectivity index (χ0n) is 9.99. The van der Waals surface area contributed by atoms with Crippen LogP contribution in [0.4, 0.5) is 0 Å². The first-order valence-electron chi connectivity index (χ1n) is 5.49. The van der Waals surface area contributed by atoms with Gasteiger partial charge in [-0.25, -0.2) is 0 Å². The van der Waals surface area contributed by atoms with E-state index in [-0.39, 0.29) is 5.91 Å². The summed E-state index contributed by atoms with van der Waals surface area (Å²) in [5.74, 6) is 0.977. The molecule has 1 amide bonds. The molecule has 0 spiro atoms. The number of nitrogens with zero attached hydrogens (tertiary/aromatic N) is 3. The number of amides is 1. The Balaban J connectivity index is 2.58. The molecule has 1 aromatic rings. The molecule has 0 aliphatic rings. The molecule has 0 saturated heterocycles. The Kier molecular flexibility index (Phi) is 4.67. The minimum absolute atomic E-state index is 0.160. The van der Waals surface area contributed by atoms with Gasteiger partial charge in [-0.3, -0.25) is 9.89 Å². The first-order chi connectivity index (χ1) is 7.60. The molecular weight excluding hydrogens is 224 g/mol. The average Bonchev–Trinajstić information content (AvgIpc) is 2.58. The maximum absolute atomic E-state index is 11.8. The summed E-state index contributed by atoms with van der Waals surface area (Å²) in [5.41, 5.74) is 0. The smallest absolute Gasteiger partial charge is 0.224 e. The van der Waals surface area contributed by atoms with Gasteiger partial charge in [-0.2, -0.15) is 5.10 Å². The van der Waals surface area contributed by atoms with Gasteiger partial charge in [-0.05, 0) is 33.0 Å². The summed E-state index contributed by atoms with van der Waals surface area (Å²) in [6, 6.07) is 0. The number of hydrogen-bond acceptors (Lipinski definition) is 3. The number of aromatic nitrogens is 3. The predicted molar refractivity (Wildman–Crippen MR) is 64.7 cm³/mol. The fraction of sp³-hybridized carbons (Fsp3) is 0.700. The first kappa shape index (κ1) is 12.9. The minimum Gasteiger partial charge on any atom is -0.343 e.